The first-order valence-electron chi connectivity index (χ1n) is 12.4. The first-order chi connectivity index (χ1) is 17.9. The van der Waals surface area contributed by atoms with Crippen molar-refractivity contribution in [1.82, 2.24) is 0 Å². The summed E-state index contributed by atoms with van der Waals surface area (Å²) in [4.78, 5) is 13.4. The van der Waals surface area contributed by atoms with Crippen LogP contribution in [0.1, 0.15) is 30.9 Å². The number of carbonyl (C=O) groups is 1. The molecule has 37 heavy (non-hydrogen) atoms. The van der Waals surface area contributed by atoms with Gasteiger partial charge in [-0.05, 0) is 72.9 Å². The Morgan fingerprint density at radius 2 is 1.41 bits per heavy atom. The number of rotatable bonds is 10. The van der Waals surface area contributed by atoms with Crippen LogP contribution >= 0.6 is 0 Å². The van der Waals surface area contributed by atoms with Crippen molar-refractivity contribution in [2.75, 3.05) is 10.9 Å². The van der Waals surface area contributed by atoms with Gasteiger partial charge >= 0.3 is 0 Å². The van der Waals surface area contributed by atoms with Gasteiger partial charge in [-0.25, -0.2) is 8.42 Å². The molecular formula is C31H31NO4S. The van der Waals surface area contributed by atoms with Gasteiger partial charge in [-0.15, -0.1) is 0 Å². The van der Waals surface area contributed by atoms with E-state index in [0.29, 0.717) is 5.75 Å². The van der Waals surface area contributed by atoms with Crippen LogP contribution in [0.5, 0.6) is 5.75 Å². The van der Waals surface area contributed by atoms with Crippen LogP contribution in [0.25, 0.3) is 11.1 Å². The van der Waals surface area contributed by atoms with Crippen molar-refractivity contribution in [3.05, 3.63) is 114 Å². The molecule has 0 saturated carbocycles. The summed E-state index contributed by atoms with van der Waals surface area (Å²) < 4.78 is 33.8. The molecule has 0 bridgehead atoms. The maximum Gasteiger partial charge on any atom is 0.278 e. The normalized spacial score (nSPS) is 11.2. The summed E-state index contributed by atoms with van der Waals surface area (Å²) in [7, 11) is -4.14. The molecule has 0 N–H and O–H groups in total. The van der Waals surface area contributed by atoms with E-state index in [2.05, 4.69) is 6.92 Å². The van der Waals surface area contributed by atoms with E-state index >= 15 is 0 Å². The molecule has 0 heterocycles. The molecule has 0 aliphatic rings. The highest BCUT2D eigenvalue weighted by Crippen LogP contribution is 2.26. The SMILES string of the molecule is CCCCc1ccc(N(C(=O)COc2ccc(-c3ccccc3)cc2)S(=O)(=O)c2ccc(C)cc2)cc1. The van der Waals surface area contributed by atoms with Crippen LogP contribution < -0.4 is 9.04 Å². The lowest BCUT2D eigenvalue weighted by Gasteiger charge is -2.23. The Kier molecular flexibility index (Phi) is 8.41. The van der Waals surface area contributed by atoms with Crippen LogP contribution in [-0.2, 0) is 21.2 Å². The molecule has 0 radical (unpaired) electrons. The van der Waals surface area contributed by atoms with E-state index in [0.717, 1.165) is 45.8 Å². The summed E-state index contributed by atoms with van der Waals surface area (Å²) in [5.74, 6) is -0.190. The van der Waals surface area contributed by atoms with Crippen molar-refractivity contribution >= 4 is 21.6 Å². The molecule has 0 atom stereocenters. The standard InChI is InChI=1S/C31H31NO4S/c1-3-4-8-25-13-17-28(18-14-25)32(37(34,35)30-21-11-24(2)12-22-30)31(33)23-36-29-19-15-27(16-20-29)26-9-6-5-7-10-26/h5-7,9-22H,3-4,8,23H2,1-2H3. The number of hydrogen-bond donors (Lipinski definition) is 0. The average Bonchev–Trinajstić information content (AvgIpc) is 2.92. The maximum atomic E-state index is 13.6. The number of nitrogens with zero attached hydrogens (tertiary/aromatic N) is 1. The summed E-state index contributed by atoms with van der Waals surface area (Å²) in [6.07, 6.45) is 3.01. The van der Waals surface area contributed by atoms with E-state index in [4.69, 9.17) is 4.74 Å². The average molecular weight is 514 g/mol. The van der Waals surface area contributed by atoms with Gasteiger partial charge < -0.3 is 4.74 Å². The maximum absolute atomic E-state index is 13.6. The van der Waals surface area contributed by atoms with Gasteiger partial charge in [0.2, 0.25) is 0 Å². The molecule has 4 aromatic carbocycles. The van der Waals surface area contributed by atoms with E-state index in [1.165, 1.54) is 12.1 Å². The molecular weight excluding hydrogens is 482 g/mol. The third-order valence-electron chi connectivity index (χ3n) is 6.10. The summed E-state index contributed by atoms with van der Waals surface area (Å²) in [6, 6.07) is 30.9. The lowest BCUT2D eigenvalue weighted by molar-refractivity contribution is -0.119. The monoisotopic (exact) mass is 513 g/mol. The minimum Gasteiger partial charge on any atom is -0.484 e. The number of hydrogen-bond acceptors (Lipinski definition) is 4. The first-order valence-corrected chi connectivity index (χ1v) is 13.8. The van der Waals surface area contributed by atoms with Crippen LogP contribution in [0.4, 0.5) is 5.69 Å². The van der Waals surface area contributed by atoms with Crippen molar-refractivity contribution in [1.29, 1.82) is 0 Å². The second kappa shape index (κ2) is 11.9. The second-order valence-corrected chi connectivity index (χ2v) is 10.7. The van der Waals surface area contributed by atoms with E-state index in [1.54, 1.807) is 36.4 Å². The van der Waals surface area contributed by atoms with Gasteiger partial charge in [-0.1, -0.05) is 85.6 Å². The number of benzene rings is 4. The Labute approximate surface area is 219 Å². The number of ether oxygens (including phenoxy) is 1. The lowest BCUT2D eigenvalue weighted by atomic mass is 10.1. The van der Waals surface area contributed by atoms with Crippen LogP contribution in [0, 0.1) is 6.92 Å². The predicted octanol–water partition coefficient (Wildman–Crippen LogP) is 6.81. The highest BCUT2D eigenvalue weighted by Gasteiger charge is 2.31. The molecule has 0 aromatic heterocycles. The minimum atomic E-state index is -4.14. The van der Waals surface area contributed by atoms with E-state index in [1.807, 2.05) is 61.5 Å². The molecule has 190 valence electrons. The molecule has 0 aliphatic heterocycles. The highest BCUT2D eigenvalue weighted by molar-refractivity contribution is 7.93. The molecule has 5 nitrogen and oxygen atoms in total. The fourth-order valence-electron chi connectivity index (χ4n) is 3.99. The highest BCUT2D eigenvalue weighted by atomic mass is 32.2. The number of aryl methyl sites for hydroxylation is 2. The quantitative estimate of drug-likeness (QED) is 0.234. The number of amides is 1. The fourth-order valence-corrected chi connectivity index (χ4v) is 5.40. The Balaban J connectivity index is 1.57. The molecule has 0 saturated heterocycles. The van der Waals surface area contributed by atoms with Gasteiger partial charge in [-0.2, -0.15) is 4.31 Å². The van der Waals surface area contributed by atoms with Crippen LogP contribution in [-0.4, -0.2) is 20.9 Å². The van der Waals surface area contributed by atoms with Gasteiger partial charge in [0.1, 0.15) is 5.75 Å². The number of sulfonamides is 1. The summed E-state index contributed by atoms with van der Waals surface area (Å²) in [6.45, 7) is 3.58. The van der Waals surface area contributed by atoms with Gasteiger partial charge in [0.25, 0.3) is 15.9 Å². The van der Waals surface area contributed by atoms with Crippen LogP contribution in [0.3, 0.4) is 0 Å². The Morgan fingerprint density at radius 1 is 0.784 bits per heavy atom. The first kappa shape index (κ1) is 26.2. The predicted molar refractivity (Wildman–Crippen MR) is 148 cm³/mol. The zero-order valence-corrected chi connectivity index (χ0v) is 21.9. The summed E-state index contributed by atoms with van der Waals surface area (Å²) in [5, 5.41) is 0. The Bertz CT molecular complexity index is 1410. The minimum absolute atomic E-state index is 0.0497. The zero-order valence-electron chi connectivity index (χ0n) is 21.1. The molecule has 4 aromatic rings. The lowest BCUT2D eigenvalue weighted by Crippen LogP contribution is -2.40. The van der Waals surface area contributed by atoms with E-state index in [9.17, 15) is 13.2 Å². The third-order valence-corrected chi connectivity index (χ3v) is 7.86. The van der Waals surface area contributed by atoms with Crippen LogP contribution in [0.2, 0.25) is 0 Å². The van der Waals surface area contributed by atoms with Crippen molar-refractivity contribution in [2.45, 2.75) is 38.0 Å². The third kappa shape index (κ3) is 6.46. The van der Waals surface area contributed by atoms with Crippen molar-refractivity contribution in [3.8, 4) is 16.9 Å². The molecule has 0 spiro atoms. The van der Waals surface area contributed by atoms with Crippen LogP contribution in [0.15, 0.2) is 108 Å². The van der Waals surface area contributed by atoms with E-state index < -0.39 is 22.5 Å². The summed E-state index contributed by atoms with van der Waals surface area (Å²) in [5.41, 5.74) is 4.41. The molecule has 0 fully saturated rings. The molecule has 4 rings (SSSR count). The Hall–Kier alpha value is -3.90. The molecule has 0 aliphatic carbocycles. The van der Waals surface area contributed by atoms with Gasteiger partial charge in [-0.3, -0.25) is 4.79 Å². The fraction of sp³-hybridized carbons (Fsp3) is 0.194. The van der Waals surface area contributed by atoms with Crippen molar-refractivity contribution < 1.29 is 17.9 Å². The molecule has 0 unspecified atom stereocenters. The van der Waals surface area contributed by atoms with Crippen molar-refractivity contribution in [3.63, 3.8) is 0 Å². The smallest absolute Gasteiger partial charge is 0.278 e. The molecule has 1 amide bonds. The number of anilines is 1. The summed E-state index contributed by atoms with van der Waals surface area (Å²) >= 11 is 0. The topological polar surface area (TPSA) is 63.7 Å². The Morgan fingerprint density at radius 3 is 2.03 bits per heavy atom. The largest absolute Gasteiger partial charge is 0.484 e. The van der Waals surface area contributed by atoms with Gasteiger partial charge in [0, 0.05) is 0 Å². The van der Waals surface area contributed by atoms with Gasteiger partial charge in [0.05, 0.1) is 10.6 Å². The van der Waals surface area contributed by atoms with E-state index in [-0.39, 0.29) is 10.6 Å². The van der Waals surface area contributed by atoms with Gasteiger partial charge in [0.15, 0.2) is 6.61 Å². The number of unbranched alkanes of at least 4 members (excludes halogenated alkanes) is 1. The number of carbonyl (C=O) groups excluding carboxylic acids is 1. The molecule has 6 heteroatoms. The second-order valence-electron chi connectivity index (χ2n) is 8.93. The van der Waals surface area contributed by atoms with Crippen molar-refractivity contribution in [2.24, 2.45) is 0 Å². The zero-order chi connectivity index (χ0) is 26.3.